The zero-order valence-corrected chi connectivity index (χ0v) is 13.4. The molecule has 0 aliphatic carbocycles. The molecule has 1 atom stereocenters. The Morgan fingerprint density at radius 1 is 1.28 bits per heavy atom. The van der Waals surface area contributed by atoms with Crippen LogP contribution in [0, 0.1) is 0 Å². The van der Waals surface area contributed by atoms with Crippen molar-refractivity contribution in [2.75, 3.05) is 11.9 Å². The standard InChI is InChI=1S/C16H27NSi/c1-5-18(6-2)14-10-13-8-7-9-15(12(3)4)16(13)17-11-14/h7-9,12,14,17-18H,5-6,10-11H2,1-4H3. The van der Waals surface area contributed by atoms with Crippen LogP contribution in [0.4, 0.5) is 5.69 Å². The van der Waals surface area contributed by atoms with Gasteiger partial charge in [-0.2, -0.15) is 0 Å². The van der Waals surface area contributed by atoms with Gasteiger partial charge in [0.2, 0.25) is 0 Å². The van der Waals surface area contributed by atoms with Crippen molar-refractivity contribution in [3.05, 3.63) is 29.3 Å². The summed E-state index contributed by atoms with van der Waals surface area (Å²) in [6.45, 7) is 10.6. The first-order valence-electron chi connectivity index (χ1n) is 7.53. The van der Waals surface area contributed by atoms with E-state index in [1.54, 1.807) is 5.56 Å². The van der Waals surface area contributed by atoms with Gasteiger partial charge in [0.05, 0.1) is 0 Å². The molecule has 0 amide bonds. The number of nitrogens with one attached hydrogen (secondary N) is 1. The average Bonchev–Trinajstić information content (AvgIpc) is 2.39. The number of benzene rings is 1. The van der Waals surface area contributed by atoms with Crippen LogP contribution in [0.15, 0.2) is 18.2 Å². The minimum atomic E-state index is -0.535. The number of hydrogen-bond donors (Lipinski definition) is 1. The molecular weight excluding hydrogens is 234 g/mol. The van der Waals surface area contributed by atoms with Gasteiger partial charge in [-0.05, 0) is 29.0 Å². The minimum absolute atomic E-state index is 0.535. The predicted molar refractivity (Wildman–Crippen MR) is 84.6 cm³/mol. The number of hydrogen-bond acceptors (Lipinski definition) is 1. The summed E-state index contributed by atoms with van der Waals surface area (Å²) < 4.78 is 0. The number of rotatable bonds is 4. The van der Waals surface area contributed by atoms with Gasteiger partial charge in [0.1, 0.15) is 0 Å². The second kappa shape index (κ2) is 5.92. The Morgan fingerprint density at radius 2 is 2.00 bits per heavy atom. The molecule has 0 saturated carbocycles. The Kier molecular flexibility index (Phi) is 4.49. The van der Waals surface area contributed by atoms with Crippen LogP contribution in [0.3, 0.4) is 0 Å². The molecule has 1 aliphatic heterocycles. The molecule has 0 bridgehead atoms. The normalized spacial score (nSPS) is 18.9. The van der Waals surface area contributed by atoms with Gasteiger partial charge >= 0.3 is 0 Å². The molecule has 18 heavy (non-hydrogen) atoms. The van der Waals surface area contributed by atoms with E-state index in [-0.39, 0.29) is 0 Å². The summed E-state index contributed by atoms with van der Waals surface area (Å²) in [5, 5.41) is 3.75. The molecule has 0 aromatic heterocycles. The van der Waals surface area contributed by atoms with E-state index >= 15 is 0 Å². The molecule has 1 nitrogen and oxygen atoms in total. The Labute approximate surface area is 114 Å². The molecule has 0 fully saturated rings. The van der Waals surface area contributed by atoms with Gasteiger partial charge in [-0.1, -0.05) is 58.0 Å². The first-order chi connectivity index (χ1) is 8.67. The number of fused-ring (bicyclic) bond motifs is 1. The van der Waals surface area contributed by atoms with E-state index in [9.17, 15) is 0 Å². The highest BCUT2D eigenvalue weighted by Crippen LogP contribution is 2.36. The smallest absolute Gasteiger partial charge is 0.0419 e. The van der Waals surface area contributed by atoms with Crippen LogP contribution in [-0.2, 0) is 6.42 Å². The third-order valence-corrected chi connectivity index (χ3v) is 8.45. The summed E-state index contributed by atoms with van der Waals surface area (Å²) in [5.74, 6) is 0.620. The quantitative estimate of drug-likeness (QED) is 0.791. The highest BCUT2D eigenvalue weighted by atomic mass is 28.3. The second-order valence-corrected chi connectivity index (χ2v) is 10.1. The van der Waals surface area contributed by atoms with Crippen LogP contribution < -0.4 is 5.32 Å². The van der Waals surface area contributed by atoms with Crippen molar-refractivity contribution in [1.29, 1.82) is 0 Å². The maximum Gasteiger partial charge on any atom is 0.0419 e. The third kappa shape index (κ3) is 2.63. The number of para-hydroxylation sites is 1. The molecule has 1 aromatic rings. The third-order valence-electron chi connectivity index (χ3n) is 4.54. The Bertz CT molecular complexity index is 396. The summed E-state index contributed by atoms with van der Waals surface area (Å²) >= 11 is 0. The van der Waals surface area contributed by atoms with Crippen molar-refractivity contribution in [2.24, 2.45) is 0 Å². The molecule has 1 N–H and O–H groups in total. The monoisotopic (exact) mass is 261 g/mol. The van der Waals surface area contributed by atoms with E-state index in [0.29, 0.717) is 5.92 Å². The van der Waals surface area contributed by atoms with Gasteiger partial charge in [0.15, 0.2) is 0 Å². The summed E-state index contributed by atoms with van der Waals surface area (Å²) in [6.07, 6.45) is 1.32. The topological polar surface area (TPSA) is 12.0 Å². The first kappa shape index (κ1) is 13.7. The number of anilines is 1. The van der Waals surface area contributed by atoms with E-state index in [1.807, 2.05) is 0 Å². The van der Waals surface area contributed by atoms with E-state index in [0.717, 1.165) is 5.54 Å². The van der Waals surface area contributed by atoms with E-state index in [4.69, 9.17) is 0 Å². The molecule has 1 aromatic carbocycles. The van der Waals surface area contributed by atoms with Gasteiger partial charge in [0.25, 0.3) is 0 Å². The van der Waals surface area contributed by atoms with Crippen molar-refractivity contribution in [2.45, 2.75) is 57.7 Å². The van der Waals surface area contributed by atoms with Crippen molar-refractivity contribution >= 4 is 14.5 Å². The predicted octanol–water partition coefficient (Wildman–Crippen LogP) is 4.42. The highest BCUT2D eigenvalue weighted by Gasteiger charge is 2.26. The zero-order chi connectivity index (χ0) is 13.1. The SMILES string of the molecule is CC[SiH](CC)C1CNc2c(cccc2C(C)C)C1. The summed E-state index contributed by atoms with van der Waals surface area (Å²) in [5.41, 5.74) is 5.47. The summed E-state index contributed by atoms with van der Waals surface area (Å²) in [6, 6.07) is 9.75. The van der Waals surface area contributed by atoms with E-state index in [1.165, 1.54) is 36.3 Å². The zero-order valence-electron chi connectivity index (χ0n) is 12.3. The van der Waals surface area contributed by atoms with Crippen LogP contribution in [0.25, 0.3) is 0 Å². The molecule has 100 valence electrons. The maximum absolute atomic E-state index is 3.75. The van der Waals surface area contributed by atoms with Gasteiger partial charge in [0, 0.05) is 21.0 Å². The van der Waals surface area contributed by atoms with Crippen LogP contribution in [0.1, 0.15) is 44.7 Å². The molecule has 1 heterocycles. The fraction of sp³-hybridized carbons (Fsp3) is 0.625. The van der Waals surface area contributed by atoms with Gasteiger partial charge in [-0.25, -0.2) is 0 Å². The van der Waals surface area contributed by atoms with Gasteiger partial charge < -0.3 is 5.32 Å². The Balaban J connectivity index is 2.23. The summed E-state index contributed by atoms with van der Waals surface area (Å²) in [4.78, 5) is 0. The fourth-order valence-electron chi connectivity index (χ4n) is 3.36. The lowest BCUT2D eigenvalue weighted by Gasteiger charge is -2.32. The minimum Gasteiger partial charge on any atom is -0.385 e. The maximum atomic E-state index is 3.75. The molecule has 0 radical (unpaired) electrons. The molecule has 2 heteroatoms. The molecule has 2 rings (SSSR count). The van der Waals surface area contributed by atoms with Gasteiger partial charge in [-0.15, -0.1) is 0 Å². The summed E-state index contributed by atoms with van der Waals surface area (Å²) in [7, 11) is -0.535. The van der Waals surface area contributed by atoms with E-state index < -0.39 is 8.80 Å². The van der Waals surface area contributed by atoms with Crippen molar-refractivity contribution in [3.63, 3.8) is 0 Å². The second-order valence-electron chi connectivity index (χ2n) is 5.96. The first-order valence-corrected chi connectivity index (χ1v) is 9.82. The molecule has 0 spiro atoms. The van der Waals surface area contributed by atoms with Crippen molar-refractivity contribution in [3.8, 4) is 0 Å². The largest absolute Gasteiger partial charge is 0.385 e. The lowest BCUT2D eigenvalue weighted by atomic mass is 9.93. The Morgan fingerprint density at radius 3 is 2.61 bits per heavy atom. The van der Waals surface area contributed by atoms with Crippen molar-refractivity contribution < 1.29 is 0 Å². The molecule has 1 unspecified atom stereocenters. The lowest BCUT2D eigenvalue weighted by molar-refractivity contribution is 0.779. The fourth-order valence-corrected chi connectivity index (χ4v) is 6.31. The molecular formula is C16H27NSi. The van der Waals surface area contributed by atoms with Crippen LogP contribution in [-0.4, -0.2) is 15.3 Å². The van der Waals surface area contributed by atoms with E-state index in [2.05, 4.69) is 51.2 Å². The van der Waals surface area contributed by atoms with Gasteiger partial charge in [-0.3, -0.25) is 0 Å². The van der Waals surface area contributed by atoms with Crippen LogP contribution in [0.5, 0.6) is 0 Å². The highest BCUT2D eigenvalue weighted by molar-refractivity contribution is 6.60. The molecule has 1 aliphatic rings. The van der Waals surface area contributed by atoms with Crippen LogP contribution in [0.2, 0.25) is 17.6 Å². The van der Waals surface area contributed by atoms with Crippen molar-refractivity contribution in [1.82, 2.24) is 0 Å². The van der Waals surface area contributed by atoms with Crippen LogP contribution >= 0.6 is 0 Å². The Hall–Kier alpha value is -0.763. The lowest BCUT2D eigenvalue weighted by Crippen LogP contribution is -2.31. The molecule has 0 saturated heterocycles. The average molecular weight is 261 g/mol.